The van der Waals surface area contributed by atoms with Gasteiger partial charge in [0, 0.05) is 0 Å². The van der Waals surface area contributed by atoms with E-state index in [4.69, 9.17) is 10.5 Å². The van der Waals surface area contributed by atoms with Crippen molar-refractivity contribution >= 4 is 40.0 Å². The third-order valence-corrected chi connectivity index (χ3v) is 4.31. The average molecular weight is 389 g/mol. The second-order valence-corrected chi connectivity index (χ2v) is 6.50. The van der Waals surface area contributed by atoms with Gasteiger partial charge < -0.3 is 21.1 Å². The molecule has 4 N–H and O–H groups in total. The Morgan fingerprint density at radius 3 is 2.52 bits per heavy atom. The van der Waals surface area contributed by atoms with Crippen molar-refractivity contribution in [1.82, 2.24) is 5.32 Å². The number of benzene rings is 1. The molecular formula is C18H19N3O5S. The second-order valence-electron chi connectivity index (χ2n) is 5.59. The van der Waals surface area contributed by atoms with Crippen LogP contribution < -0.4 is 16.4 Å². The van der Waals surface area contributed by atoms with E-state index in [-0.39, 0.29) is 29.4 Å². The van der Waals surface area contributed by atoms with Gasteiger partial charge in [-0.1, -0.05) is 30.3 Å². The van der Waals surface area contributed by atoms with E-state index in [9.17, 15) is 19.2 Å². The molecule has 0 unspecified atom stereocenters. The van der Waals surface area contributed by atoms with Crippen LogP contribution >= 0.6 is 11.3 Å². The summed E-state index contributed by atoms with van der Waals surface area (Å²) in [6.45, 7) is 1.03. The predicted molar refractivity (Wildman–Crippen MR) is 100 cm³/mol. The lowest BCUT2D eigenvalue weighted by molar-refractivity contribution is -0.152. The molecule has 2 aromatic rings. The minimum atomic E-state index is -1.11. The Labute approximate surface area is 159 Å². The van der Waals surface area contributed by atoms with E-state index >= 15 is 0 Å². The molecule has 0 aliphatic rings. The van der Waals surface area contributed by atoms with Crippen LogP contribution in [0.1, 0.15) is 22.8 Å². The number of ether oxygens (including phenoxy) is 1. The Morgan fingerprint density at radius 1 is 1.15 bits per heavy atom. The van der Waals surface area contributed by atoms with Crippen LogP contribution in [0, 0.1) is 0 Å². The average Bonchev–Trinajstić information content (AvgIpc) is 3.09. The minimum absolute atomic E-state index is 0.137. The molecule has 1 aromatic carbocycles. The molecule has 0 aliphatic carbocycles. The molecule has 8 nitrogen and oxygen atoms in total. The van der Waals surface area contributed by atoms with Crippen LogP contribution in [0.15, 0.2) is 41.8 Å². The Kier molecular flexibility index (Phi) is 7.07. The zero-order valence-electron chi connectivity index (χ0n) is 14.6. The number of carbonyl (C=O) groups excluding carboxylic acids is 4. The molecule has 1 heterocycles. The highest BCUT2D eigenvalue weighted by Gasteiger charge is 2.20. The fraction of sp³-hybridized carbons (Fsp3) is 0.222. The normalized spacial score (nSPS) is 11.3. The third kappa shape index (κ3) is 6.23. The van der Waals surface area contributed by atoms with Crippen molar-refractivity contribution in [2.75, 3.05) is 11.9 Å². The van der Waals surface area contributed by atoms with Crippen LogP contribution in [0.2, 0.25) is 0 Å². The molecule has 0 saturated carbocycles. The fourth-order valence-electron chi connectivity index (χ4n) is 2.12. The summed E-state index contributed by atoms with van der Waals surface area (Å²) >= 11 is 1.13. The van der Waals surface area contributed by atoms with Crippen molar-refractivity contribution in [3.63, 3.8) is 0 Å². The van der Waals surface area contributed by atoms with Crippen LogP contribution in [0.4, 0.5) is 5.00 Å². The molecule has 0 aliphatic heterocycles. The lowest BCUT2D eigenvalue weighted by Gasteiger charge is -2.13. The lowest BCUT2D eigenvalue weighted by Crippen LogP contribution is -2.36. The van der Waals surface area contributed by atoms with Gasteiger partial charge in [0.15, 0.2) is 6.10 Å². The number of esters is 1. The van der Waals surface area contributed by atoms with Gasteiger partial charge in [-0.15, -0.1) is 11.3 Å². The van der Waals surface area contributed by atoms with E-state index in [2.05, 4.69) is 10.6 Å². The Hall–Kier alpha value is -3.20. The first-order chi connectivity index (χ1) is 12.9. The van der Waals surface area contributed by atoms with Crippen molar-refractivity contribution < 1.29 is 23.9 Å². The van der Waals surface area contributed by atoms with Crippen LogP contribution in [0.3, 0.4) is 0 Å². The molecule has 9 heteroatoms. The zero-order chi connectivity index (χ0) is 19.8. The number of amides is 3. The molecule has 0 saturated heterocycles. The first-order valence-electron chi connectivity index (χ1n) is 8.05. The number of anilines is 1. The largest absolute Gasteiger partial charge is 0.451 e. The summed E-state index contributed by atoms with van der Waals surface area (Å²) in [5.41, 5.74) is 6.20. The van der Waals surface area contributed by atoms with Crippen molar-refractivity contribution in [2.45, 2.75) is 19.4 Å². The quantitative estimate of drug-likeness (QED) is 0.582. The van der Waals surface area contributed by atoms with Gasteiger partial charge in [0.1, 0.15) is 11.5 Å². The van der Waals surface area contributed by atoms with Crippen LogP contribution in [-0.4, -0.2) is 36.3 Å². The highest BCUT2D eigenvalue weighted by atomic mass is 32.1. The van der Waals surface area contributed by atoms with Gasteiger partial charge in [0.05, 0.1) is 12.0 Å². The molecule has 27 heavy (non-hydrogen) atoms. The minimum Gasteiger partial charge on any atom is -0.451 e. The zero-order valence-corrected chi connectivity index (χ0v) is 15.4. The molecule has 1 atom stereocenters. The molecular weight excluding hydrogens is 370 g/mol. The van der Waals surface area contributed by atoms with Gasteiger partial charge in [-0.25, -0.2) is 0 Å². The fourth-order valence-corrected chi connectivity index (χ4v) is 2.92. The summed E-state index contributed by atoms with van der Waals surface area (Å²) < 4.78 is 4.98. The van der Waals surface area contributed by atoms with Crippen molar-refractivity contribution in [3.8, 4) is 0 Å². The maximum absolute atomic E-state index is 12.1. The smallest absolute Gasteiger partial charge is 0.326 e. The van der Waals surface area contributed by atoms with E-state index in [0.717, 1.165) is 16.9 Å². The van der Waals surface area contributed by atoms with Crippen LogP contribution in [-0.2, 0) is 25.5 Å². The molecule has 0 spiro atoms. The van der Waals surface area contributed by atoms with Gasteiger partial charge in [-0.05, 0) is 23.9 Å². The van der Waals surface area contributed by atoms with E-state index in [1.54, 1.807) is 17.5 Å². The Balaban J connectivity index is 1.77. The van der Waals surface area contributed by atoms with Gasteiger partial charge >= 0.3 is 5.97 Å². The summed E-state index contributed by atoms with van der Waals surface area (Å²) in [4.78, 5) is 46.9. The summed E-state index contributed by atoms with van der Waals surface area (Å²) in [5.74, 6) is -2.36. The molecule has 2 rings (SSSR count). The number of nitrogens with two attached hydrogens (primary N) is 1. The van der Waals surface area contributed by atoms with Crippen LogP contribution in [0.5, 0.6) is 0 Å². The summed E-state index contributed by atoms with van der Waals surface area (Å²) in [7, 11) is 0. The monoisotopic (exact) mass is 389 g/mol. The number of rotatable bonds is 8. The highest BCUT2D eigenvalue weighted by molar-refractivity contribution is 7.14. The van der Waals surface area contributed by atoms with Crippen molar-refractivity contribution in [3.05, 3.63) is 52.9 Å². The molecule has 1 aromatic heterocycles. The Bertz CT molecular complexity index is 835. The summed E-state index contributed by atoms with van der Waals surface area (Å²) in [6, 6.07) is 10.6. The van der Waals surface area contributed by atoms with Gasteiger partial charge in [0.25, 0.3) is 11.8 Å². The molecule has 3 amide bonds. The Morgan fingerprint density at radius 2 is 1.85 bits per heavy atom. The first kappa shape index (κ1) is 20.1. The number of nitrogens with one attached hydrogen (secondary N) is 2. The van der Waals surface area contributed by atoms with Gasteiger partial charge in [-0.2, -0.15) is 0 Å². The summed E-state index contributed by atoms with van der Waals surface area (Å²) in [6.07, 6.45) is -0.968. The van der Waals surface area contributed by atoms with E-state index in [1.807, 2.05) is 18.2 Å². The third-order valence-electron chi connectivity index (χ3n) is 3.48. The van der Waals surface area contributed by atoms with Gasteiger partial charge in [0.2, 0.25) is 5.91 Å². The lowest BCUT2D eigenvalue weighted by atomic mass is 10.1. The SMILES string of the molecule is C[C@@H](OC(=O)CNC(=O)Cc1ccccc1)C(=O)Nc1sccc1C(N)=O. The molecule has 142 valence electrons. The van der Waals surface area contributed by atoms with Gasteiger partial charge in [-0.3, -0.25) is 19.2 Å². The van der Waals surface area contributed by atoms with Crippen molar-refractivity contribution in [2.24, 2.45) is 5.73 Å². The van der Waals surface area contributed by atoms with Crippen LogP contribution in [0.25, 0.3) is 0 Å². The number of hydrogen-bond acceptors (Lipinski definition) is 6. The number of carbonyl (C=O) groups is 4. The standard InChI is InChI=1S/C18H19N3O5S/c1-11(17(25)21-18-13(16(19)24)7-8-27-18)26-15(23)10-20-14(22)9-12-5-3-2-4-6-12/h2-8,11H,9-10H2,1H3,(H2,19,24)(H,20,22)(H,21,25)/t11-/m1/s1. The van der Waals surface area contributed by atoms with E-state index < -0.39 is 23.9 Å². The van der Waals surface area contributed by atoms with E-state index in [1.165, 1.54) is 13.0 Å². The number of thiophene rings is 1. The maximum atomic E-state index is 12.1. The topological polar surface area (TPSA) is 128 Å². The molecule has 0 fully saturated rings. The summed E-state index contributed by atoms with van der Waals surface area (Å²) in [5, 5.41) is 6.82. The number of hydrogen-bond donors (Lipinski definition) is 3. The number of primary amides is 1. The first-order valence-corrected chi connectivity index (χ1v) is 8.93. The second kappa shape index (κ2) is 9.48. The molecule has 0 bridgehead atoms. The highest BCUT2D eigenvalue weighted by Crippen LogP contribution is 2.22. The predicted octanol–water partition coefficient (Wildman–Crippen LogP) is 1.08. The van der Waals surface area contributed by atoms with E-state index in [0.29, 0.717) is 0 Å². The van der Waals surface area contributed by atoms with Crippen molar-refractivity contribution in [1.29, 1.82) is 0 Å². The molecule has 0 radical (unpaired) electrons. The maximum Gasteiger partial charge on any atom is 0.326 e.